The van der Waals surface area contributed by atoms with Gasteiger partial charge in [-0.1, -0.05) is 12.1 Å². The predicted octanol–water partition coefficient (Wildman–Crippen LogP) is 0.413. The largest absolute Gasteiger partial charge is 0.386 e. The summed E-state index contributed by atoms with van der Waals surface area (Å²) >= 11 is 0. The van der Waals surface area contributed by atoms with Gasteiger partial charge < -0.3 is 9.84 Å². The van der Waals surface area contributed by atoms with Gasteiger partial charge >= 0.3 is 0 Å². The summed E-state index contributed by atoms with van der Waals surface area (Å²) < 4.78 is 31.8. The van der Waals surface area contributed by atoms with E-state index in [9.17, 15) is 23.6 Å². The Labute approximate surface area is 121 Å². The third-order valence-electron chi connectivity index (χ3n) is 3.58. The van der Waals surface area contributed by atoms with Crippen molar-refractivity contribution in [2.75, 3.05) is 13.2 Å². The first-order chi connectivity index (χ1) is 9.76. The summed E-state index contributed by atoms with van der Waals surface area (Å²) in [6.07, 6.45) is -0.209. The number of nitrogens with zero attached hydrogens (tertiary/aromatic N) is 1. The van der Waals surface area contributed by atoms with E-state index in [1.54, 1.807) is 6.92 Å². The lowest BCUT2D eigenvalue weighted by atomic mass is 9.97. The Bertz CT molecular complexity index is 647. The lowest BCUT2D eigenvalue weighted by Crippen LogP contribution is -2.47. The Morgan fingerprint density at radius 1 is 1.52 bits per heavy atom. The molecule has 0 amide bonds. The highest BCUT2D eigenvalue weighted by Gasteiger charge is 2.40. The Balaban J connectivity index is 2.22. The number of nitro groups is 1. The van der Waals surface area contributed by atoms with Gasteiger partial charge in [0.2, 0.25) is 10.0 Å². The summed E-state index contributed by atoms with van der Waals surface area (Å²) in [6, 6.07) is 5.05. The molecule has 0 bridgehead atoms. The molecule has 8 nitrogen and oxygen atoms in total. The fourth-order valence-electron chi connectivity index (χ4n) is 2.14. The number of benzene rings is 1. The summed E-state index contributed by atoms with van der Waals surface area (Å²) in [5, 5.41) is 21.2. The predicted molar refractivity (Wildman–Crippen MR) is 73.3 cm³/mol. The molecule has 2 unspecified atom stereocenters. The topological polar surface area (TPSA) is 119 Å². The molecule has 1 saturated heterocycles. The number of nitrogens with one attached hydrogen (secondary N) is 1. The maximum absolute atomic E-state index is 12.2. The molecule has 0 radical (unpaired) electrons. The van der Waals surface area contributed by atoms with Crippen molar-refractivity contribution >= 4 is 15.7 Å². The molecule has 0 spiro atoms. The maximum Gasteiger partial charge on any atom is 0.289 e. The molecule has 0 saturated carbocycles. The SMILES string of the molecule is CC1OCCC1(O)CNS(=O)(=O)c1ccccc1[N+](=O)[O-]. The zero-order chi connectivity index (χ0) is 15.7. The van der Waals surface area contributed by atoms with E-state index in [1.807, 2.05) is 0 Å². The average molecular weight is 316 g/mol. The van der Waals surface area contributed by atoms with Crippen molar-refractivity contribution in [2.24, 2.45) is 0 Å². The standard InChI is InChI=1S/C12H16N2O6S/c1-9-12(15,6-7-20-9)8-13-21(18,19)11-5-3-2-4-10(11)14(16)17/h2-5,9,13,15H,6-8H2,1H3. The number of nitro benzene ring substituents is 1. The van der Waals surface area contributed by atoms with E-state index < -0.39 is 37.2 Å². The minimum Gasteiger partial charge on any atom is -0.386 e. The molecule has 21 heavy (non-hydrogen) atoms. The minimum atomic E-state index is -4.09. The molecule has 1 heterocycles. The van der Waals surface area contributed by atoms with Gasteiger partial charge in [-0.3, -0.25) is 10.1 Å². The van der Waals surface area contributed by atoms with Crippen molar-refractivity contribution in [3.63, 3.8) is 0 Å². The van der Waals surface area contributed by atoms with Crippen molar-refractivity contribution in [3.8, 4) is 0 Å². The Morgan fingerprint density at radius 2 is 2.19 bits per heavy atom. The molecular weight excluding hydrogens is 300 g/mol. The first-order valence-electron chi connectivity index (χ1n) is 6.33. The van der Waals surface area contributed by atoms with Gasteiger partial charge in [0.25, 0.3) is 5.69 Å². The van der Waals surface area contributed by atoms with Crippen LogP contribution < -0.4 is 4.72 Å². The van der Waals surface area contributed by atoms with Gasteiger partial charge in [-0.05, 0) is 13.0 Å². The van der Waals surface area contributed by atoms with Crippen molar-refractivity contribution in [2.45, 2.75) is 29.9 Å². The minimum absolute atomic E-state index is 0.261. The number of para-hydroxylation sites is 1. The normalized spacial score (nSPS) is 25.9. The highest BCUT2D eigenvalue weighted by atomic mass is 32.2. The number of ether oxygens (including phenoxy) is 1. The second-order valence-corrected chi connectivity index (χ2v) is 6.65. The van der Waals surface area contributed by atoms with Crippen LogP contribution in [-0.4, -0.2) is 43.3 Å². The molecule has 116 valence electrons. The number of hydrogen-bond donors (Lipinski definition) is 2. The van der Waals surface area contributed by atoms with Gasteiger partial charge in [0.05, 0.1) is 11.0 Å². The van der Waals surface area contributed by atoms with Gasteiger partial charge in [0.15, 0.2) is 4.90 Å². The molecule has 2 N–H and O–H groups in total. The average Bonchev–Trinajstić information content (AvgIpc) is 2.77. The van der Waals surface area contributed by atoms with Gasteiger partial charge in [-0.25, -0.2) is 13.1 Å². The first kappa shape index (κ1) is 15.8. The van der Waals surface area contributed by atoms with Crippen LogP contribution in [0.2, 0.25) is 0 Å². The highest BCUT2D eigenvalue weighted by molar-refractivity contribution is 7.89. The lowest BCUT2D eigenvalue weighted by molar-refractivity contribution is -0.387. The van der Waals surface area contributed by atoms with E-state index in [-0.39, 0.29) is 6.54 Å². The van der Waals surface area contributed by atoms with Crippen LogP contribution >= 0.6 is 0 Å². The second-order valence-electron chi connectivity index (χ2n) is 4.92. The summed E-state index contributed by atoms with van der Waals surface area (Å²) in [6.45, 7) is 1.72. The summed E-state index contributed by atoms with van der Waals surface area (Å²) in [7, 11) is -4.09. The molecule has 1 aliphatic rings. The number of hydrogen-bond acceptors (Lipinski definition) is 6. The molecule has 9 heteroatoms. The molecule has 1 aromatic carbocycles. The second kappa shape index (κ2) is 5.68. The van der Waals surface area contributed by atoms with Crippen molar-refractivity contribution in [3.05, 3.63) is 34.4 Å². The van der Waals surface area contributed by atoms with Crippen molar-refractivity contribution in [1.29, 1.82) is 0 Å². The Morgan fingerprint density at radius 3 is 2.76 bits per heavy atom. The van der Waals surface area contributed by atoms with Crippen LogP contribution in [0.3, 0.4) is 0 Å². The van der Waals surface area contributed by atoms with E-state index in [2.05, 4.69) is 4.72 Å². The smallest absolute Gasteiger partial charge is 0.289 e. The Hall–Kier alpha value is -1.55. The number of sulfonamides is 1. The summed E-state index contributed by atoms with van der Waals surface area (Å²) in [5.74, 6) is 0. The van der Waals surface area contributed by atoms with Gasteiger partial charge in [0.1, 0.15) is 5.60 Å². The van der Waals surface area contributed by atoms with Crippen LogP contribution in [0.15, 0.2) is 29.2 Å². The molecular formula is C12H16N2O6S. The molecule has 0 aromatic heterocycles. The van der Waals surface area contributed by atoms with E-state index in [1.165, 1.54) is 12.1 Å². The van der Waals surface area contributed by atoms with Crippen LogP contribution in [0.25, 0.3) is 0 Å². The number of aliphatic hydroxyl groups is 1. The molecule has 1 aliphatic heterocycles. The fraction of sp³-hybridized carbons (Fsp3) is 0.500. The molecule has 1 aromatic rings. The summed E-state index contributed by atoms with van der Waals surface area (Å²) in [4.78, 5) is 9.70. The third-order valence-corrected chi connectivity index (χ3v) is 5.03. The van der Waals surface area contributed by atoms with Gasteiger partial charge in [-0.15, -0.1) is 0 Å². The van der Waals surface area contributed by atoms with Crippen LogP contribution in [0.4, 0.5) is 5.69 Å². The third kappa shape index (κ3) is 3.21. The maximum atomic E-state index is 12.2. The zero-order valence-electron chi connectivity index (χ0n) is 11.4. The van der Waals surface area contributed by atoms with Crippen LogP contribution in [0.5, 0.6) is 0 Å². The highest BCUT2D eigenvalue weighted by Crippen LogP contribution is 2.27. The quantitative estimate of drug-likeness (QED) is 0.600. The monoisotopic (exact) mass is 316 g/mol. The molecule has 0 aliphatic carbocycles. The van der Waals surface area contributed by atoms with Crippen LogP contribution in [0, 0.1) is 10.1 Å². The molecule has 2 atom stereocenters. The fourth-order valence-corrected chi connectivity index (χ4v) is 3.41. The van der Waals surface area contributed by atoms with E-state index >= 15 is 0 Å². The van der Waals surface area contributed by atoms with Gasteiger partial charge in [0, 0.05) is 25.6 Å². The van der Waals surface area contributed by atoms with Crippen LogP contribution in [-0.2, 0) is 14.8 Å². The van der Waals surface area contributed by atoms with Crippen molar-refractivity contribution < 1.29 is 23.2 Å². The van der Waals surface area contributed by atoms with Crippen LogP contribution in [0.1, 0.15) is 13.3 Å². The van der Waals surface area contributed by atoms with Crippen molar-refractivity contribution in [1.82, 2.24) is 4.72 Å². The lowest BCUT2D eigenvalue weighted by Gasteiger charge is -2.25. The molecule has 1 fully saturated rings. The van der Waals surface area contributed by atoms with Gasteiger partial charge in [-0.2, -0.15) is 0 Å². The zero-order valence-corrected chi connectivity index (χ0v) is 12.2. The summed E-state index contributed by atoms with van der Waals surface area (Å²) in [5.41, 5.74) is -1.82. The van der Waals surface area contributed by atoms with E-state index in [0.29, 0.717) is 13.0 Å². The van der Waals surface area contributed by atoms with E-state index in [0.717, 1.165) is 12.1 Å². The first-order valence-corrected chi connectivity index (χ1v) is 7.82. The molecule has 2 rings (SSSR count). The number of rotatable bonds is 5. The van der Waals surface area contributed by atoms with E-state index in [4.69, 9.17) is 4.74 Å². The Kier molecular flexibility index (Phi) is 4.28.